The Labute approximate surface area is 131 Å². The first-order valence-electron chi connectivity index (χ1n) is 7.55. The Morgan fingerprint density at radius 2 is 1.82 bits per heavy atom. The van der Waals surface area contributed by atoms with Gasteiger partial charge in [-0.1, -0.05) is 12.1 Å². The number of aliphatic hydroxyl groups is 1. The molecule has 1 aliphatic rings. The zero-order chi connectivity index (χ0) is 15.8. The van der Waals surface area contributed by atoms with Crippen LogP contribution in [0.25, 0.3) is 0 Å². The van der Waals surface area contributed by atoms with E-state index in [1.807, 2.05) is 24.3 Å². The number of methoxy groups -OCH3 is 1. The number of aliphatic hydroxyl groups excluding tert-OH is 1. The van der Waals surface area contributed by atoms with Gasteiger partial charge in [0.15, 0.2) is 11.5 Å². The molecule has 1 aromatic carbocycles. The van der Waals surface area contributed by atoms with Gasteiger partial charge in [-0.3, -0.25) is 9.80 Å². The average molecular weight is 308 g/mol. The average Bonchev–Trinajstić information content (AvgIpc) is 2.55. The highest BCUT2D eigenvalue weighted by Gasteiger charge is 2.19. The fourth-order valence-corrected chi connectivity index (χ4v) is 2.53. The van der Waals surface area contributed by atoms with Crippen LogP contribution in [0.2, 0.25) is 0 Å². The summed E-state index contributed by atoms with van der Waals surface area (Å²) in [5, 5.41) is 10.1. The van der Waals surface area contributed by atoms with Crippen LogP contribution in [0.4, 0.5) is 0 Å². The molecule has 0 radical (unpaired) electrons. The molecule has 0 saturated carbocycles. The summed E-state index contributed by atoms with van der Waals surface area (Å²) in [7, 11) is 1.59. The highest BCUT2D eigenvalue weighted by atomic mass is 16.5. The van der Waals surface area contributed by atoms with Crippen LogP contribution < -0.4 is 9.47 Å². The maximum absolute atomic E-state index is 10.5. The molecule has 0 aliphatic carbocycles. The molecule has 22 heavy (non-hydrogen) atoms. The molecule has 1 N–H and O–H groups in total. The van der Waals surface area contributed by atoms with E-state index in [-0.39, 0.29) is 6.61 Å². The second-order valence-corrected chi connectivity index (χ2v) is 5.38. The summed E-state index contributed by atoms with van der Waals surface area (Å²) in [6, 6.07) is 7.40. The molecule has 1 saturated heterocycles. The number of para-hydroxylation sites is 2. The molecule has 6 heteroatoms. The third-order valence-corrected chi connectivity index (χ3v) is 3.77. The van der Waals surface area contributed by atoms with Crippen LogP contribution in [-0.2, 0) is 4.79 Å². The van der Waals surface area contributed by atoms with Gasteiger partial charge in [0.1, 0.15) is 19.0 Å². The van der Waals surface area contributed by atoms with Gasteiger partial charge < -0.3 is 19.4 Å². The summed E-state index contributed by atoms with van der Waals surface area (Å²) >= 11 is 0. The molecule has 0 aromatic heterocycles. The third kappa shape index (κ3) is 4.98. The van der Waals surface area contributed by atoms with E-state index < -0.39 is 6.10 Å². The Bertz CT molecular complexity index is 461. The van der Waals surface area contributed by atoms with E-state index in [0.717, 1.165) is 32.5 Å². The third-order valence-electron chi connectivity index (χ3n) is 3.77. The quantitative estimate of drug-likeness (QED) is 0.695. The normalized spacial score (nSPS) is 17.9. The number of carbonyl (C=O) groups is 1. The van der Waals surface area contributed by atoms with Crippen molar-refractivity contribution in [3.8, 4) is 11.5 Å². The lowest BCUT2D eigenvalue weighted by Gasteiger charge is -2.34. The molecule has 0 amide bonds. The minimum Gasteiger partial charge on any atom is -0.493 e. The van der Waals surface area contributed by atoms with E-state index in [1.165, 1.54) is 0 Å². The molecule has 1 unspecified atom stereocenters. The summed E-state index contributed by atoms with van der Waals surface area (Å²) in [4.78, 5) is 14.8. The monoisotopic (exact) mass is 308 g/mol. The Kier molecular flexibility index (Phi) is 6.64. The van der Waals surface area contributed by atoms with Crippen molar-refractivity contribution in [2.75, 3.05) is 53.0 Å². The maximum atomic E-state index is 10.5. The zero-order valence-corrected chi connectivity index (χ0v) is 13.0. The van der Waals surface area contributed by atoms with Gasteiger partial charge in [0.2, 0.25) is 0 Å². The van der Waals surface area contributed by atoms with Crippen molar-refractivity contribution in [2.45, 2.75) is 6.10 Å². The number of nitrogens with zero attached hydrogens (tertiary/aromatic N) is 2. The van der Waals surface area contributed by atoms with Crippen LogP contribution in [0.1, 0.15) is 0 Å². The van der Waals surface area contributed by atoms with E-state index in [4.69, 9.17) is 9.47 Å². The topological polar surface area (TPSA) is 62.2 Å². The van der Waals surface area contributed by atoms with Gasteiger partial charge in [-0.2, -0.15) is 0 Å². The lowest BCUT2D eigenvalue weighted by Crippen LogP contribution is -2.49. The van der Waals surface area contributed by atoms with Gasteiger partial charge in [-0.05, 0) is 12.1 Å². The summed E-state index contributed by atoms with van der Waals surface area (Å²) in [6.45, 7) is 4.74. The first kappa shape index (κ1) is 16.7. The minimum absolute atomic E-state index is 0.231. The van der Waals surface area contributed by atoms with Crippen LogP contribution in [0, 0.1) is 0 Å². The fraction of sp³-hybridized carbons (Fsp3) is 0.562. The van der Waals surface area contributed by atoms with Crippen LogP contribution in [0.5, 0.6) is 11.5 Å². The van der Waals surface area contributed by atoms with Crippen molar-refractivity contribution in [3.63, 3.8) is 0 Å². The summed E-state index contributed by atoms with van der Waals surface area (Å²) < 4.78 is 10.8. The van der Waals surface area contributed by atoms with Crippen molar-refractivity contribution < 1.29 is 19.4 Å². The standard InChI is InChI=1S/C16H24N2O4/c1-21-15-4-2-3-5-16(15)22-13-14(20)12-18-8-6-17(7-9-18)10-11-19/h2-5,11,14,20H,6-10,12-13H2,1H3. The van der Waals surface area contributed by atoms with Crippen LogP contribution in [0.3, 0.4) is 0 Å². The molecule has 1 aromatic rings. The van der Waals surface area contributed by atoms with E-state index in [0.29, 0.717) is 24.6 Å². The Hall–Kier alpha value is -1.63. The van der Waals surface area contributed by atoms with Crippen molar-refractivity contribution in [1.82, 2.24) is 9.80 Å². The molecular formula is C16H24N2O4. The number of ether oxygens (including phenoxy) is 2. The molecule has 122 valence electrons. The number of aldehydes is 1. The summed E-state index contributed by atoms with van der Waals surface area (Å²) in [6.07, 6.45) is 0.383. The summed E-state index contributed by atoms with van der Waals surface area (Å²) in [5.74, 6) is 1.30. The summed E-state index contributed by atoms with van der Waals surface area (Å²) in [5.41, 5.74) is 0. The molecule has 1 fully saturated rings. The lowest BCUT2D eigenvalue weighted by atomic mass is 10.2. The van der Waals surface area contributed by atoms with Crippen LogP contribution in [-0.4, -0.2) is 80.3 Å². The van der Waals surface area contributed by atoms with Gasteiger partial charge in [-0.15, -0.1) is 0 Å². The minimum atomic E-state index is -0.553. The van der Waals surface area contributed by atoms with Crippen molar-refractivity contribution >= 4 is 6.29 Å². The van der Waals surface area contributed by atoms with Gasteiger partial charge in [0, 0.05) is 32.7 Å². The molecule has 1 aliphatic heterocycles. The molecule has 0 bridgehead atoms. The van der Waals surface area contributed by atoms with E-state index in [2.05, 4.69) is 9.80 Å². The molecular weight excluding hydrogens is 284 g/mol. The number of carbonyl (C=O) groups excluding carboxylic acids is 1. The zero-order valence-electron chi connectivity index (χ0n) is 13.0. The first-order valence-corrected chi connectivity index (χ1v) is 7.55. The van der Waals surface area contributed by atoms with Crippen molar-refractivity contribution in [3.05, 3.63) is 24.3 Å². The smallest absolute Gasteiger partial charge is 0.161 e. The number of benzene rings is 1. The molecule has 1 heterocycles. The number of piperazine rings is 1. The van der Waals surface area contributed by atoms with Gasteiger partial charge >= 0.3 is 0 Å². The Balaban J connectivity index is 1.72. The van der Waals surface area contributed by atoms with Crippen LogP contribution in [0.15, 0.2) is 24.3 Å². The van der Waals surface area contributed by atoms with Crippen molar-refractivity contribution in [1.29, 1.82) is 0 Å². The number of β-amino-alcohol motifs (C(OH)–C–C–N with tert-alkyl or cyclic N) is 1. The number of hydrogen-bond acceptors (Lipinski definition) is 6. The SMILES string of the molecule is COc1ccccc1OCC(O)CN1CCN(CC=O)CC1. The van der Waals surface area contributed by atoms with E-state index >= 15 is 0 Å². The molecule has 0 spiro atoms. The van der Waals surface area contributed by atoms with Gasteiger partial charge in [0.05, 0.1) is 13.7 Å². The predicted octanol–water partition coefficient (Wildman–Crippen LogP) is 0.251. The Morgan fingerprint density at radius 1 is 1.18 bits per heavy atom. The van der Waals surface area contributed by atoms with Crippen LogP contribution >= 0.6 is 0 Å². The molecule has 6 nitrogen and oxygen atoms in total. The fourth-order valence-electron chi connectivity index (χ4n) is 2.53. The number of rotatable bonds is 8. The van der Waals surface area contributed by atoms with E-state index in [9.17, 15) is 9.90 Å². The van der Waals surface area contributed by atoms with Gasteiger partial charge in [-0.25, -0.2) is 0 Å². The highest BCUT2D eigenvalue weighted by Crippen LogP contribution is 2.25. The van der Waals surface area contributed by atoms with Crippen molar-refractivity contribution in [2.24, 2.45) is 0 Å². The second kappa shape index (κ2) is 8.73. The molecule has 2 rings (SSSR count). The predicted molar refractivity (Wildman–Crippen MR) is 83.4 cm³/mol. The largest absolute Gasteiger partial charge is 0.493 e. The van der Waals surface area contributed by atoms with Gasteiger partial charge in [0.25, 0.3) is 0 Å². The highest BCUT2D eigenvalue weighted by molar-refractivity contribution is 5.51. The second-order valence-electron chi connectivity index (χ2n) is 5.38. The number of hydrogen-bond donors (Lipinski definition) is 1. The lowest BCUT2D eigenvalue weighted by molar-refractivity contribution is -0.109. The molecule has 1 atom stereocenters. The first-order chi connectivity index (χ1) is 10.7. The maximum Gasteiger partial charge on any atom is 0.161 e. The van der Waals surface area contributed by atoms with E-state index in [1.54, 1.807) is 7.11 Å². The Morgan fingerprint density at radius 3 is 2.45 bits per heavy atom.